The largest absolute Gasteiger partial charge is 0.493 e. The van der Waals surface area contributed by atoms with Crippen LogP contribution in [0.3, 0.4) is 0 Å². The van der Waals surface area contributed by atoms with Gasteiger partial charge in [0.25, 0.3) is 5.91 Å². The van der Waals surface area contributed by atoms with Gasteiger partial charge in [-0.2, -0.15) is 0 Å². The van der Waals surface area contributed by atoms with Crippen LogP contribution in [0.2, 0.25) is 5.02 Å². The Morgan fingerprint density at radius 1 is 1.14 bits per heavy atom. The van der Waals surface area contributed by atoms with Gasteiger partial charge in [0.2, 0.25) is 5.75 Å². The van der Waals surface area contributed by atoms with Crippen molar-refractivity contribution in [2.75, 3.05) is 33.3 Å². The lowest BCUT2D eigenvalue weighted by atomic mass is 10.1. The molecule has 1 aliphatic rings. The molecule has 0 saturated carbocycles. The van der Waals surface area contributed by atoms with Crippen LogP contribution in [0.4, 0.5) is 5.69 Å². The number of ether oxygens (including phenoxy) is 3. The summed E-state index contributed by atoms with van der Waals surface area (Å²) in [7, 11) is 4.62. The molecule has 29 heavy (non-hydrogen) atoms. The molecular weight excluding hydrogens is 432 g/mol. The molecule has 0 radical (unpaired) electrons. The summed E-state index contributed by atoms with van der Waals surface area (Å²) in [5.74, 6) is 1.32. The van der Waals surface area contributed by atoms with E-state index in [0.29, 0.717) is 31.5 Å². The normalized spacial score (nSPS) is 15.0. The maximum Gasteiger partial charge on any atom is 0.267 e. The molecule has 0 bridgehead atoms. The number of benzene rings is 2. The van der Waals surface area contributed by atoms with E-state index < -0.39 is 0 Å². The van der Waals surface area contributed by atoms with E-state index in [-0.39, 0.29) is 12.6 Å². The number of carbonyl (C=O) groups excluding carboxylic acids is 1. The Kier molecular flexibility index (Phi) is 6.89. The molecule has 1 N–H and O–H groups in total. The third-order valence-corrected chi connectivity index (χ3v) is 5.87. The van der Waals surface area contributed by atoms with Crippen molar-refractivity contribution in [3.8, 4) is 17.2 Å². The Morgan fingerprint density at radius 3 is 2.38 bits per heavy atom. The van der Waals surface area contributed by atoms with Crippen LogP contribution in [0.5, 0.6) is 17.2 Å². The zero-order valence-electron chi connectivity index (χ0n) is 16.0. The Bertz CT molecular complexity index is 956. The third-order valence-electron chi connectivity index (χ3n) is 4.16. The highest BCUT2D eigenvalue weighted by molar-refractivity contribution is 8.26. The highest BCUT2D eigenvalue weighted by Gasteiger charge is 2.32. The summed E-state index contributed by atoms with van der Waals surface area (Å²) in [6.07, 6.45) is 1.75. The zero-order valence-corrected chi connectivity index (χ0v) is 18.4. The second kappa shape index (κ2) is 9.39. The molecule has 1 aliphatic heterocycles. The van der Waals surface area contributed by atoms with Gasteiger partial charge in [0.15, 0.2) is 11.5 Å². The van der Waals surface area contributed by atoms with E-state index in [4.69, 9.17) is 38.0 Å². The number of thiocarbonyl (C=S) groups is 1. The molecule has 0 unspecified atom stereocenters. The number of thioether (sulfide) groups is 1. The lowest BCUT2D eigenvalue weighted by Crippen LogP contribution is -2.33. The second-order valence-corrected chi connectivity index (χ2v) is 7.97. The molecule has 1 fully saturated rings. The van der Waals surface area contributed by atoms with E-state index in [2.05, 4.69) is 5.32 Å². The first-order valence-electron chi connectivity index (χ1n) is 8.52. The smallest absolute Gasteiger partial charge is 0.267 e. The number of nitrogens with zero attached hydrogens (tertiary/aromatic N) is 1. The minimum absolute atomic E-state index is 0.187. The molecular formula is C20H19ClN2O4S2. The number of para-hydroxylation sites is 1. The third kappa shape index (κ3) is 4.60. The molecule has 3 rings (SSSR count). The van der Waals surface area contributed by atoms with Crippen LogP contribution in [-0.4, -0.2) is 43.1 Å². The monoisotopic (exact) mass is 450 g/mol. The SMILES string of the molecule is COc1cc(C=C2SC(=S)N(CNc3ccccc3Cl)C2=O)cc(OC)c1OC. The van der Waals surface area contributed by atoms with Gasteiger partial charge >= 0.3 is 0 Å². The van der Waals surface area contributed by atoms with Crippen molar-refractivity contribution in [3.05, 3.63) is 51.9 Å². The molecule has 152 valence electrons. The van der Waals surface area contributed by atoms with E-state index >= 15 is 0 Å². The van der Waals surface area contributed by atoms with Crippen molar-refractivity contribution >= 4 is 57.6 Å². The topological polar surface area (TPSA) is 60.0 Å². The van der Waals surface area contributed by atoms with E-state index in [1.165, 1.54) is 23.8 Å². The van der Waals surface area contributed by atoms with E-state index in [1.54, 1.807) is 38.5 Å². The Morgan fingerprint density at radius 2 is 1.79 bits per heavy atom. The van der Waals surface area contributed by atoms with Gasteiger partial charge in [0.1, 0.15) is 4.32 Å². The molecule has 2 aromatic carbocycles. The first-order valence-corrected chi connectivity index (χ1v) is 10.1. The van der Waals surface area contributed by atoms with Crippen LogP contribution in [0.15, 0.2) is 41.3 Å². The van der Waals surface area contributed by atoms with Crippen molar-refractivity contribution in [1.29, 1.82) is 0 Å². The number of amides is 1. The van der Waals surface area contributed by atoms with Gasteiger partial charge in [-0.05, 0) is 35.9 Å². The summed E-state index contributed by atoms with van der Waals surface area (Å²) >= 11 is 12.8. The summed E-state index contributed by atoms with van der Waals surface area (Å²) in [6, 6.07) is 10.9. The number of methoxy groups -OCH3 is 3. The maximum absolute atomic E-state index is 12.8. The van der Waals surface area contributed by atoms with Crippen LogP contribution in [0.1, 0.15) is 5.56 Å². The number of rotatable bonds is 7. The minimum Gasteiger partial charge on any atom is -0.493 e. The van der Waals surface area contributed by atoms with Crippen molar-refractivity contribution in [2.45, 2.75) is 0 Å². The van der Waals surface area contributed by atoms with Gasteiger partial charge in [0.05, 0.1) is 43.6 Å². The number of anilines is 1. The standard InChI is InChI=1S/C20H19ClN2O4S2/c1-25-15-8-12(9-16(26-2)18(15)27-3)10-17-19(24)23(20(28)29-17)11-22-14-7-5-4-6-13(14)21/h4-10,22H,11H2,1-3H3. The highest BCUT2D eigenvalue weighted by Crippen LogP contribution is 2.40. The Hall–Kier alpha value is -2.42. The number of hydrogen-bond donors (Lipinski definition) is 1. The highest BCUT2D eigenvalue weighted by atomic mass is 35.5. The number of carbonyl (C=O) groups is 1. The van der Waals surface area contributed by atoms with Gasteiger partial charge in [-0.3, -0.25) is 9.69 Å². The quantitative estimate of drug-likeness (QED) is 0.487. The first kappa shape index (κ1) is 21.3. The minimum atomic E-state index is -0.187. The zero-order chi connectivity index (χ0) is 21.0. The van der Waals surface area contributed by atoms with Gasteiger partial charge in [0, 0.05) is 0 Å². The molecule has 6 nitrogen and oxygen atoms in total. The fourth-order valence-corrected chi connectivity index (χ4v) is 4.20. The lowest BCUT2D eigenvalue weighted by Gasteiger charge is -2.16. The summed E-state index contributed by atoms with van der Waals surface area (Å²) in [6.45, 7) is 0.223. The van der Waals surface area contributed by atoms with Crippen LogP contribution < -0.4 is 19.5 Å². The summed E-state index contributed by atoms with van der Waals surface area (Å²) < 4.78 is 16.5. The van der Waals surface area contributed by atoms with Crippen LogP contribution in [-0.2, 0) is 4.79 Å². The molecule has 1 heterocycles. The van der Waals surface area contributed by atoms with Crippen molar-refractivity contribution in [1.82, 2.24) is 4.90 Å². The van der Waals surface area contributed by atoms with Crippen LogP contribution in [0.25, 0.3) is 6.08 Å². The van der Waals surface area contributed by atoms with Gasteiger partial charge in [-0.25, -0.2) is 0 Å². The Balaban J connectivity index is 1.82. The molecule has 0 aliphatic carbocycles. The first-order chi connectivity index (χ1) is 14.0. The van der Waals surface area contributed by atoms with Gasteiger partial charge < -0.3 is 19.5 Å². The molecule has 0 atom stereocenters. The second-order valence-electron chi connectivity index (χ2n) is 5.88. The average molecular weight is 451 g/mol. The summed E-state index contributed by atoms with van der Waals surface area (Å²) in [4.78, 5) is 14.8. The maximum atomic E-state index is 12.8. The summed E-state index contributed by atoms with van der Waals surface area (Å²) in [5.41, 5.74) is 1.47. The van der Waals surface area contributed by atoms with Crippen LogP contribution in [0, 0.1) is 0 Å². The number of halogens is 1. The van der Waals surface area contributed by atoms with Crippen molar-refractivity contribution in [2.24, 2.45) is 0 Å². The van der Waals surface area contributed by atoms with Crippen LogP contribution >= 0.6 is 35.6 Å². The van der Waals surface area contributed by atoms with Gasteiger partial charge in [-0.1, -0.05) is 47.7 Å². The average Bonchev–Trinajstić information content (AvgIpc) is 2.99. The predicted molar refractivity (Wildman–Crippen MR) is 121 cm³/mol. The summed E-state index contributed by atoms with van der Waals surface area (Å²) in [5, 5.41) is 3.72. The molecule has 0 spiro atoms. The van der Waals surface area contributed by atoms with E-state index in [1.807, 2.05) is 18.2 Å². The Labute approximate surface area is 183 Å². The molecule has 1 amide bonds. The molecule has 2 aromatic rings. The van der Waals surface area contributed by atoms with Gasteiger partial charge in [-0.15, -0.1) is 0 Å². The fourth-order valence-electron chi connectivity index (χ4n) is 2.74. The lowest BCUT2D eigenvalue weighted by molar-refractivity contribution is -0.121. The van der Waals surface area contributed by atoms with Crippen molar-refractivity contribution < 1.29 is 19.0 Å². The molecule has 9 heteroatoms. The predicted octanol–water partition coefficient (Wildman–Crippen LogP) is 4.64. The fraction of sp³-hybridized carbons (Fsp3) is 0.200. The number of nitrogens with one attached hydrogen (secondary N) is 1. The van der Waals surface area contributed by atoms with Crippen molar-refractivity contribution in [3.63, 3.8) is 0 Å². The van der Waals surface area contributed by atoms with E-state index in [0.717, 1.165) is 11.3 Å². The van der Waals surface area contributed by atoms with E-state index in [9.17, 15) is 4.79 Å². The number of hydrogen-bond acceptors (Lipinski definition) is 7. The molecule has 1 saturated heterocycles. The molecule has 0 aromatic heterocycles.